The summed E-state index contributed by atoms with van der Waals surface area (Å²) in [4.78, 5) is -0.765. The lowest BCUT2D eigenvalue weighted by Gasteiger charge is -2.13. The lowest BCUT2D eigenvalue weighted by atomic mass is 10.2. The van der Waals surface area contributed by atoms with Gasteiger partial charge in [0.15, 0.2) is 11.6 Å². The largest absolute Gasteiger partial charge is 0.491 e. The summed E-state index contributed by atoms with van der Waals surface area (Å²) in [6, 6.07) is 5.17. The smallest absolute Gasteiger partial charge is 0.416 e. The first-order valence-corrected chi connectivity index (χ1v) is 8.72. The van der Waals surface area contributed by atoms with Gasteiger partial charge in [-0.05, 0) is 37.3 Å². The van der Waals surface area contributed by atoms with E-state index in [2.05, 4.69) is 0 Å². The molecule has 0 saturated heterocycles. The number of nitrogens with one attached hydrogen (secondary N) is 1. The van der Waals surface area contributed by atoms with Gasteiger partial charge in [0.1, 0.15) is 4.90 Å². The number of anilines is 1. The van der Waals surface area contributed by atoms with Crippen LogP contribution < -0.4 is 9.46 Å². The van der Waals surface area contributed by atoms with Gasteiger partial charge in [-0.2, -0.15) is 13.2 Å². The molecule has 0 heterocycles. The van der Waals surface area contributed by atoms with E-state index in [0.717, 1.165) is 12.1 Å². The fourth-order valence-corrected chi connectivity index (χ4v) is 3.51. The quantitative estimate of drug-likeness (QED) is 0.744. The van der Waals surface area contributed by atoms with Crippen molar-refractivity contribution in [2.24, 2.45) is 0 Å². The maximum Gasteiger partial charge on any atom is 0.416 e. The van der Waals surface area contributed by atoms with Crippen LogP contribution in [0.4, 0.5) is 23.2 Å². The van der Waals surface area contributed by atoms with E-state index in [1.54, 1.807) is 6.92 Å². The van der Waals surface area contributed by atoms with E-state index in [9.17, 15) is 26.0 Å². The van der Waals surface area contributed by atoms with Crippen molar-refractivity contribution in [3.63, 3.8) is 0 Å². The Balaban J connectivity index is 2.38. The topological polar surface area (TPSA) is 55.4 Å². The molecule has 0 spiro atoms. The van der Waals surface area contributed by atoms with Crippen molar-refractivity contribution in [3.8, 4) is 5.75 Å². The number of ether oxygens (including phenoxy) is 1. The Morgan fingerprint density at radius 2 is 1.84 bits per heavy atom. The van der Waals surface area contributed by atoms with Crippen LogP contribution in [0.15, 0.2) is 41.3 Å². The maximum absolute atomic E-state index is 13.8. The molecule has 0 aliphatic rings. The van der Waals surface area contributed by atoms with Gasteiger partial charge in [-0.15, -0.1) is 0 Å². The maximum atomic E-state index is 13.8. The molecule has 136 valence electrons. The number of hydrogen-bond donors (Lipinski definition) is 1. The third-order valence-electron chi connectivity index (χ3n) is 3.03. The highest BCUT2D eigenvalue weighted by Gasteiger charge is 2.32. The molecule has 0 radical (unpaired) electrons. The van der Waals surface area contributed by atoms with Gasteiger partial charge in [-0.3, -0.25) is 4.72 Å². The molecule has 0 unspecified atom stereocenters. The van der Waals surface area contributed by atoms with Crippen molar-refractivity contribution < 1.29 is 30.7 Å². The molecule has 25 heavy (non-hydrogen) atoms. The van der Waals surface area contributed by atoms with Crippen LogP contribution in [0.3, 0.4) is 0 Å². The van der Waals surface area contributed by atoms with E-state index in [-0.39, 0.29) is 18.0 Å². The highest BCUT2D eigenvalue weighted by molar-refractivity contribution is 7.92. The molecule has 0 aromatic heterocycles. The van der Waals surface area contributed by atoms with E-state index >= 15 is 0 Å². The summed E-state index contributed by atoms with van der Waals surface area (Å²) < 4.78 is 83.7. The van der Waals surface area contributed by atoms with Gasteiger partial charge in [0, 0.05) is 6.07 Å². The molecule has 0 amide bonds. The molecule has 10 heteroatoms. The molecule has 2 aromatic rings. The zero-order valence-corrected chi connectivity index (χ0v) is 14.3. The molecule has 0 fully saturated rings. The number of halogens is 5. The zero-order valence-electron chi connectivity index (χ0n) is 12.7. The number of rotatable bonds is 5. The van der Waals surface area contributed by atoms with Gasteiger partial charge in [-0.25, -0.2) is 12.8 Å². The van der Waals surface area contributed by atoms with Crippen molar-refractivity contribution in [1.82, 2.24) is 0 Å². The number of benzene rings is 2. The van der Waals surface area contributed by atoms with Crippen LogP contribution >= 0.6 is 11.6 Å². The minimum Gasteiger partial charge on any atom is -0.491 e. The summed E-state index contributed by atoms with van der Waals surface area (Å²) in [6.45, 7) is 1.85. The summed E-state index contributed by atoms with van der Waals surface area (Å²) in [7, 11) is -4.46. The van der Waals surface area contributed by atoms with Gasteiger partial charge in [0.05, 0.1) is 22.9 Å². The average Bonchev–Trinajstić information content (AvgIpc) is 2.49. The number of alkyl halides is 3. The molecule has 0 saturated carbocycles. The summed E-state index contributed by atoms with van der Waals surface area (Å²) in [6.07, 6.45) is -4.74. The summed E-state index contributed by atoms with van der Waals surface area (Å²) >= 11 is 5.71. The molecule has 0 aliphatic heterocycles. The third kappa shape index (κ3) is 4.55. The fourth-order valence-electron chi connectivity index (χ4n) is 1.93. The van der Waals surface area contributed by atoms with Crippen molar-refractivity contribution >= 4 is 27.3 Å². The number of hydrogen-bond acceptors (Lipinski definition) is 3. The van der Waals surface area contributed by atoms with Crippen LogP contribution in [0.2, 0.25) is 5.02 Å². The molecular formula is C15H12ClF4NO3S. The fraction of sp³-hybridized carbons (Fsp3) is 0.200. The van der Waals surface area contributed by atoms with Crippen molar-refractivity contribution in [1.29, 1.82) is 0 Å². The average molecular weight is 398 g/mol. The minimum atomic E-state index is -4.74. The molecule has 4 nitrogen and oxygen atoms in total. The van der Waals surface area contributed by atoms with Crippen LogP contribution in [0.5, 0.6) is 5.75 Å². The van der Waals surface area contributed by atoms with Crippen molar-refractivity contribution in [2.75, 3.05) is 11.3 Å². The third-order valence-corrected chi connectivity index (χ3v) is 4.89. The van der Waals surface area contributed by atoms with Crippen LogP contribution in [-0.4, -0.2) is 15.0 Å². The molecule has 0 atom stereocenters. The normalized spacial score (nSPS) is 12.1. The van der Waals surface area contributed by atoms with Crippen LogP contribution in [0.25, 0.3) is 0 Å². The van der Waals surface area contributed by atoms with E-state index < -0.39 is 37.5 Å². The lowest BCUT2D eigenvalue weighted by Crippen LogP contribution is -2.15. The highest BCUT2D eigenvalue weighted by atomic mass is 35.5. The Labute approximate surface area is 146 Å². The standard InChI is InChI=1S/C15H12ClF4NO3S/c1-2-24-13-6-4-10(8-12(13)17)21-25(22,23)14-7-9(15(18,19)20)3-5-11(14)16/h3-8,21H,2H2,1H3. The van der Waals surface area contributed by atoms with Gasteiger partial charge in [-0.1, -0.05) is 11.6 Å². The zero-order chi connectivity index (χ0) is 18.8. The summed E-state index contributed by atoms with van der Waals surface area (Å²) in [5.41, 5.74) is -1.36. The Hall–Kier alpha value is -2.00. The van der Waals surface area contributed by atoms with E-state index in [1.165, 1.54) is 12.1 Å². The van der Waals surface area contributed by atoms with Crippen LogP contribution in [0, 0.1) is 5.82 Å². The predicted molar refractivity (Wildman–Crippen MR) is 84.8 cm³/mol. The molecule has 0 bridgehead atoms. The van der Waals surface area contributed by atoms with Gasteiger partial charge < -0.3 is 4.74 Å². The van der Waals surface area contributed by atoms with Crippen molar-refractivity contribution in [3.05, 3.63) is 52.8 Å². The molecule has 1 N–H and O–H groups in total. The van der Waals surface area contributed by atoms with E-state index in [1.807, 2.05) is 4.72 Å². The minimum absolute atomic E-state index is 0.0810. The first-order valence-electron chi connectivity index (χ1n) is 6.86. The second kappa shape index (κ2) is 7.09. The predicted octanol–water partition coefficient (Wildman–Crippen LogP) is 4.70. The van der Waals surface area contributed by atoms with Crippen molar-refractivity contribution in [2.45, 2.75) is 18.0 Å². The molecule has 0 aliphatic carbocycles. The van der Waals surface area contributed by atoms with E-state index in [4.69, 9.17) is 16.3 Å². The van der Waals surface area contributed by atoms with Gasteiger partial charge in [0.2, 0.25) is 0 Å². The summed E-state index contributed by atoms with van der Waals surface area (Å²) in [5, 5.41) is -0.396. The summed E-state index contributed by atoms with van der Waals surface area (Å²) in [5.74, 6) is -0.903. The van der Waals surface area contributed by atoms with Gasteiger partial charge >= 0.3 is 6.18 Å². The lowest BCUT2D eigenvalue weighted by molar-refractivity contribution is -0.137. The Morgan fingerprint density at radius 1 is 1.16 bits per heavy atom. The molecular weight excluding hydrogens is 386 g/mol. The Bertz CT molecular complexity index is 885. The second-order valence-electron chi connectivity index (χ2n) is 4.83. The van der Waals surface area contributed by atoms with E-state index in [0.29, 0.717) is 12.1 Å². The Morgan fingerprint density at radius 3 is 2.40 bits per heavy atom. The number of sulfonamides is 1. The first-order chi connectivity index (χ1) is 11.5. The SMILES string of the molecule is CCOc1ccc(NS(=O)(=O)c2cc(C(F)(F)F)ccc2Cl)cc1F. The monoisotopic (exact) mass is 397 g/mol. The van der Waals surface area contributed by atoms with Crippen LogP contribution in [-0.2, 0) is 16.2 Å². The molecule has 2 aromatic carbocycles. The highest BCUT2D eigenvalue weighted by Crippen LogP contribution is 2.34. The molecule has 2 rings (SSSR count). The second-order valence-corrected chi connectivity index (χ2v) is 6.88. The Kier molecular flexibility index (Phi) is 5.48. The van der Waals surface area contributed by atoms with Crippen LogP contribution in [0.1, 0.15) is 12.5 Å². The first kappa shape index (κ1) is 19.3. The van der Waals surface area contributed by atoms with Gasteiger partial charge in [0.25, 0.3) is 10.0 Å².